The highest BCUT2D eigenvalue weighted by Gasteiger charge is 2.18. The Morgan fingerprint density at radius 1 is 1.09 bits per heavy atom. The van der Waals surface area contributed by atoms with Gasteiger partial charge in [-0.25, -0.2) is 0 Å². The van der Waals surface area contributed by atoms with Crippen molar-refractivity contribution in [3.05, 3.63) is 88.9 Å². The van der Waals surface area contributed by atoms with Gasteiger partial charge in [0, 0.05) is 11.1 Å². The third-order valence-electron chi connectivity index (χ3n) is 4.66. The minimum Gasteiger partial charge on any atom is -0.481 e. The fourth-order valence-corrected chi connectivity index (χ4v) is 3.11. The second-order valence-corrected chi connectivity index (χ2v) is 7.75. The molecule has 6 nitrogen and oxygen atoms in total. The highest BCUT2D eigenvalue weighted by atomic mass is 35.5. The van der Waals surface area contributed by atoms with Gasteiger partial charge in [0.2, 0.25) is 0 Å². The molecule has 0 spiro atoms. The number of rotatable bonds is 7. The Morgan fingerprint density at radius 2 is 1.79 bits per heavy atom. The molecule has 0 radical (unpaired) electrons. The van der Waals surface area contributed by atoms with E-state index in [9.17, 15) is 9.18 Å². The molecule has 0 saturated heterocycles. The number of hydrogen-bond acceptors (Lipinski definition) is 5. The number of benzene rings is 3. The summed E-state index contributed by atoms with van der Waals surface area (Å²) in [6, 6.07) is 17.9. The predicted octanol–water partition coefficient (Wildman–Crippen LogP) is 6.54. The number of carbonyl (C=O) groups is 1. The SMILES string of the molecule is Cc1ccc(/C=C(\F)Oc2ccc(O[C@H](C)C(=O)Nc3nc4cc(Cl)ccc4o3)cc2)cc1. The molecule has 0 bridgehead atoms. The molecule has 0 aliphatic rings. The first-order valence-corrected chi connectivity index (χ1v) is 10.5. The third-order valence-corrected chi connectivity index (χ3v) is 4.89. The minimum absolute atomic E-state index is 0.0484. The van der Waals surface area contributed by atoms with Crippen LogP contribution < -0.4 is 14.8 Å². The highest BCUT2D eigenvalue weighted by molar-refractivity contribution is 6.31. The highest BCUT2D eigenvalue weighted by Crippen LogP contribution is 2.24. The van der Waals surface area contributed by atoms with Crippen LogP contribution in [0.4, 0.5) is 10.4 Å². The summed E-state index contributed by atoms with van der Waals surface area (Å²) in [6.45, 7) is 3.55. The lowest BCUT2D eigenvalue weighted by Crippen LogP contribution is -2.30. The zero-order valence-electron chi connectivity index (χ0n) is 17.8. The Hall–Kier alpha value is -3.84. The first-order chi connectivity index (χ1) is 15.9. The van der Waals surface area contributed by atoms with Crippen molar-refractivity contribution in [3.63, 3.8) is 0 Å². The maximum Gasteiger partial charge on any atom is 0.302 e. The maximum atomic E-state index is 14.1. The molecule has 1 atom stereocenters. The first-order valence-electron chi connectivity index (χ1n) is 10.1. The standard InChI is InChI=1S/C25H20ClFN2O4/c1-15-3-5-17(6-4-15)13-23(27)32-20-10-8-19(9-11-20)31-16(2)24(30)29-25-28-21-14-18(26)7-12-22(21)33-25/h3-14,16H,1-2H3,(H,28,29,30)/b23-13+/t16-/m1/s1. The van der Waals surface area contributed by atoms with Crippen molar-refractivity contribution in [2.24, 2.45) is 0 Å². The largest absolute Gasteiger partial charge is 0.481 e. The van der Waals surface area contributed by atoms with Gasteiger partial charge in [0.1, 0.15) is 17.0 Å². The van der Waals surface area contributed by atoms with E-state index in [1.807, 2.05) is 19.1 Å². The van der Waals surface area contributed by atoms with Gasteiger partial charge in [0.15, 0.2) is 11.7 Å². The summed E-state index contributed by atoms with van der Waals surface area (Å²) in [6.07, 6.45) is 0.463. The molecule has 0 saturated carbocycles. The average Bonchev–Trinajstić information content (AvgIpc) is 3.18. The number of carbonyl (C=O) groups excluding carboxylic acids is 1. The van der Waals surface area contributed by atoms with Crippen molar-refractivity contribution in [2.45, 2.75) is 20.0 Å². The normalized spacial score (nSPS) is 12.4. The monoisotopic (exact) mass is 466 g/mol. The van der Waals surface area contributed by atoms with Gasteiger partial charge < -0.3 is 13.9 Å². The number of ether oxygens (including phenoxy) is 2. The summed E-state index contributed by atoms with van der Waals surface area (Å²) in [5.41, 5.74) is 2.82. The van der Waals surface area contributed by atoms with Crippen molar-refractivity contribution in [3.8, 4) is 11.5 Å². The molecule has 1 heterocycles. The van der Waals surface area contributed by atoms with E-state index in [0.717, 1.165) is 5.56 Å². The van der Waals surface area contributed by atoms with Gasteiger partial charge in [-0.2, -0.15) is 9.37 Å². The van der Waals surface area contributed by atoms with Crippen molar-refractivity contribution in [2.75, 3.05) is 5.32 Å². The van der Waals surface area contributed by atoms with E-state index in [1.165, 1.54) is 6.08 Å². The number of aryl methyl sites for hydroxylation is 1. The van der Waals surface area contributed by atoms with Crippen molar-refractivity contribution < 1.29 is 23.1 Å². The molecule has 0 aliphatic heterocycles. The molecule has 4 aromatic rings. The van der Waals surface area contributed by atoms with Crippen LogP contribution in [-0.2, 0) is 4.79 Å². The lowest BCUT2D eigenvalue weighted by molar-refractivity contribution is -0.122. The fraction of sp³-hybridized carbons (Fsp3) is 0.120. The van der Waals surface area contributed by atoms with Crippen LogP contribution in [0, 0.1) is 6.92 Å². The Labute approximate surface area is 194 Å². The summed E-state index contributed by atoms with van der Waals surface area (Å²) in [4.78, 5) is 16.6. The van der Waals surface area contributed by atoms with Crippen molar-refractivity contribution in [1.29, 1.82) is 0 Å². The number of amides is 1. The molecule has 3 aromatic carbocycles. The molecule has 0 aliphatic carbocycles. The third kappa shape index (κ3) is 5.90. The number of hydrogen-bond donors (Lipinski definition) is 1. The van der Waals surface area contributed by atoms with Crippen LogP contribution in [0.5, 0.6) is 11.5 Å². The molecular weight excluding hydrogens is 447 g/mol. The van der Waals surface area contributed by atoms with Crippen LogP contribution >= 0.6 is 11.6 Å². The van der Waals surface area contributed by atoms with Gasteiger partial charge in [-0.1, -0.05) is 41.4 Å². The summed E-state index contributed by atoms with van der Waals surface area (Å²) < 4.78 is 30.5. The lowest BCUT2D eigenvalue weighted by atomic mass is 10.1. The number of fused-ring (bicyclic) bond motifs is 1. The van der Waals surface area contributed by atoms with E-state index in [4.69, 9.17) is 25.5 Å². The fourth-order valence-electron chi connectivity index (χ4n) is 2.94. The Kier molecular flexibility index (Phi) is 6.60. The molecule has 0 fully saturated rings. The van der Waals surface area contributed by atoms with E-state index in [-0.39, 0.29) is 6.01 Å². The van der Waals surface area contributed by atoms with Gasteiger partial charge in [-0.05, 0) is 61.9 Å². The van der Waals surface area contributed by atoms with Crippen LogP contribution in [0.25, 0.3) is 17.2 Å². The molecular formula is C25H20ClFN2O4. The number of nitrogens with zero attached hydrogens (tertiary/aromatic N) is 1. The predicted molar refractivity (Wildman–Crippen MR) is 125 cm³/mol. The van der Waals surface area contributed by atoms with Gasteiger partial charge in [0.05, 0.1) is 0 Å². The molecule has 1 aromatic heterocycles. The number of halogens is 2. The van der Waals surface area contributed by atoms with Gasteiger partial charge >= 0.3 is 6.01 Å². The van der Waals surface area contributed by atoms with Crippen LogP contribution in [0.2, 0.25) is 5.02 Å². The second-order valence-electron chi connectivity index (χ2n) is 7.31. The minimum atomic E-state index is -0.839. The van der Waals surface area contributed by atoms with Crippen LogP contribution in [-0.4, -0.2) is 17.0 Å². The van der Waals surface area contributed by atoms with E-state index in [0.29, 0.717) is 33.2 Å². The number of oxazole rings is 1. The van der Waals surface area contributed by atoms with Crippen LogP contribution in [0.1, 0.15) is 18.1 Å². The van der Waals surface area contributed by atoms with Crippen LogP contribution in [0.15, 0.2) is 77.2 Å². The Balaban J connectivity index is 1.33. The quantitative estimate of drug-likeness (QED) is 0.313. The number of nitrogens with one attached hydrogen (secondary N) is 1. The van der Waals surface area contributed by atoms with E-state index in [2.05, 4.69) is 10.3 Å². The summed E-state index contributed by atoms with van der Waals surface area (Å²) in [5, 5.41) is 3.09. The molecule has 33 heavy (non-hydrogen) atoms. The Bertz CT molecular complexity index is 1300. The zero-order valence-corrected chi connectivity index (χ0v) is 18.6. The maximum absolute atomic E-state index is 14.1. The second kappa shape index (κ2) is 9.75. The summed E-state index contributed by atoms with van der Waals surface area (Å²) in [5.74, 6) is 0.266. The van der Waals surface area contributed by atoms with Gasteiger partial charge in [-0.15, -0.1) is 0 Å². The zero-order chi connectivity index (χ0) is 23.4. The summed E-state index contributed by atoms with van der Waals surface area (Å²) in [7, 11) is 0. The van der Waals surface area contributed by atoms with Crippen LogP contribution in [0.3, 0.4) is 0 Å². The number of aromatic nitrogens is 1. The average molecular weight is 467 g/mol. The van der Waals surface area contributed by atoms with E-state index in [1.54, 1.807) is 61.5 Å². The Morgan fingerprint density at radius 3 is 2.52 bits per heavy atom. The molecule has 1 N–H and O–H groups in total. The molecule has 0 unspecified atom stereocenters. The van der Waals surface area contributed by atoms with Gasteiger partial charge in [0.25, 0.3) is 11.9 Å². The topological polar surface area (TPSA) is 73.6 Å². The van der Waals surface area contributed by atoms with E-state index >= 15 is 0 Å². The van der Waals surface area contributed by atoms with E-state index < -0.39 is 18.0 Å². The first kappa shape index (κ1) is 22.4. The molecule has 4 rings (SSSR count). The van der Waals surface area contributed by atoms with Crippen molar-refractivity contribution in [1.82, 2.24) is 4.98 Å². The molecule has 168 valence electrons. The molecule has 1 amide bonds. The van der Waals surface area contributed by atoms with Gasteiger partial charge in [-0.3, -0.25) is 10.1 Å². The summed E-state index contributed by atoms with van der Waals surface area (Å²) >= 11 is 5.93. The lowest BCUT2D eigenvalue weighted by Gasteiger charge is -2.13. The molecule has 8 heteroatoms. The van der Waals surface area contributed by atoms with Crippen molar-refractivity contribution >= 4 is 40.7 Å². The number of anilines is 1. The smallest absolute Gasteiger partial charge is 0.302 e.